The van der Waals surface area contributed by atoms with Crippen LogP contribution in [0.3, 0.4) is 0 Å². The quantitative estimate of drug-likeness (QED) is 0.650. The number of benzene rings is 2. The Labute approximate surface area is 147 Å². The Morgan fingerprint density at radius 2 is 1.86 bits per heavy atom. The SMILES string of the molecule is COc1ccc(CNc2ccc(Cl)cc2I)c(Cl)c1OC. The van der Waals surface area contributed by atoms with E-state index in [2.05, 4.69) is 27.9 Å². The van der Waals surface area contributed by atoms with Gasteiger partial charge in [0.2, 0.25) is 0 Å². The number of nitrogens with one attached hydrogen (secondary N) is 1. The van der Waals surface area contributed by atoms with E-state index in [-0.39, 0.29) is 0 Å². The van der Waals surface area contributed by atoms with Gasteiger partial charge in [-0.25, -0.2) is 0 Å². The lowest BCUT2D eigenvalue weighted by Gasteiger charge is -2.14. The molecule has 2 aromatic carbocycles. The van der Waals surface area contributed by atoms with E-state index in [1.807, 2.05) is 30.3 Å². The minimum atomic E-state index is 0.546. The van der Waals surface area contributed by atoms with Crippen LogP contribution >= 0.6 is 45.8 Å². The lowest BCUT2D eigenvalue weighted by Crippen LogP contribution is -2.03. The fraction of sp³-hybridized carbons (Fsp3) is 0.200. The van der Waals surface area contributed by atoms with Crippen molar-refractivity contribution in [1.29, 1.82) is 0 Å². The van der Waals surface area contributed by atoms with Crippen LogP contribution in [0.1, 0.15) is 5.56 Å². The molecular formula is C15H14Cl2INO2. The third-order valence-electron chi connectivity index (χ3n) is 2.97. The molecule has 0 amide bonds. The zero-order valence-electron chi connectivity index (χ0n) is 11.5. The first kappa shape index (κ1) is 16.5. The molecule has 0 saturated carbocycles. The first-order valence-corrected chi connectivity index (χ1v) is 7.98. The summed E-state index contributed by atoms with van der Waals surface area (Å²) in [6.45, 7) is 0.580. The van der Waals surface area contributed by atoms with Crippen molar-refractivity contribution in [2.24, 2.45) is 0 Å². The van der Waals surface area contributed by atoms with Gasteiger partial charge in [0.1, 0.15) is 0 Å². The van der Waals surface area contributed by atoms with Gasteiger partial charge in [0.05, 0.1) is 19.2 Å². The van der Waals surface area contributed by atoms with Crippen LogP contribution in [0.2, 0.25) is 10.0 Å². The number of anilines is 1. The zero-order chi connectivity index (χ0) is 15.4. The molecule has 0 radical (unpaired) electrons. The van der Waals surface area contributed by atoms with E-state index in [1.54, 1.807) is 14.2 Å². The molecule has 0 saturated heterocycles. The summed E-state index contributed by atoms with van der Waals surface area (Å²) >= 11 is 14.5. The Balaban J connectivity index is 2.20. The van der Waals surface area contributed by atoms with Crippen molar-refractivity contribution < 1.29 is 9.47 Å². The van der Waals surface area contributed by atoms with E-state index in [1.165, 1.54) is 0 Å². The molecule has 0 spiro atoms. The van der Waals surface area contributed by atoms with E-state index in [0.29, 0.717) is 28.1 Å². The normalized spacial score (nSPS) is 10.3. The molecule has 2 rings (SSSR count). The summed E-state index contributed by atoms with van der Waals surface area (Å²) in [4.78, 5) is 0. The van der Waals surface area contributed by atoms with E-state index in [4.69, 9.17) is 32.7 Å². The first-order valence-electron chi connectivity index (χ1n) is 6.15. The second-order valence-corrected chi connectivity index (χ2v) is 6.23. The van der Waals surface area contributed by atoms with Crippen LogP contribution in [-0.4, -0.2) is 14.2 Å². The third kappa shape index (κ3) is 3.87. The lowest BCUT2D eigenvalue weighted by molar-refractivity contribution is 0.355. The van der Waals surface area contributed by atoms with Crippen molar-refractivity contribution in [3.05, 3.63) is 49.5 Å². The molecule has 0 aliphatic carbocycles. The Hall–Kier alpha value is -0.850. The van der Waals surface area contributed by atoms with E-state index in [9.17, 15) is 0 Å². The predicted molar refractivity (Wildman–Crippen MR) is 96.1 cm³/mol. The standard InChI is InChI=1S/C15H14Cl2INO2/c1-20-13-6-3-9(14(17)15(13)21-2)8-19-12-5-4-10(16)7-11(12)18/h3-7,19H,8H2,1-2H3. The van der Waals surface area contributed by atoms with Crippen LogP contribution in [-0.2, 0) is 6.54 Å². The number of rotatable bonds is 5. The summed E-state index contributed by atoms with van der Waals surface area (Å²) in [6.07, 6.45) is 0. The number of halogens is 3. The Morgan fingerprint density at radius 1 is 1.10 bits per heavy atom. The number of hydrogen-bond acceptors (Lipinski definition) is 3. The average Bonchev–Trinajstić information content (AvgIpc) is 2.47. The molecule has 6 heteroatoms. The highest BCUT2D eigenvalue weighted by Crippen LogP contribution is 2.37. The van der Waals surface area contributed by atoms with E-state index < -0.39 is 0 Å². The maximum atomic E-state index is 6.36. The molecule has 112 valence electrons. The van der Waals surface area contributed by atoms with Gasteiger partial charge in [-0.3, -0.25) is 0 Å². The number of ether oxygens (including phenoxy) is 2. The molecule has 0 fully saturated rings. The zero-order valence-corrected chi connectivity index (χ0v) is 15.2. The van der Waals surface area contributed by atoms with Crippen molar-refractivity contribution in [3.63, 3.8) is 0 Å². The van der Waals surface area contributed by atoms with Gasteiger partial charge >= 0.3 is 0 Å². The highest BCUT2D eigenvalue weighted by molar-refractivity contribution is 14.1. The molecule has 0 atom stereocenters. The van der Waals surface area contributed by atoms with Gasteiger partial charge in [0.15, 0.2) is 11.5 Å². The monoisotopic (exact) mass is 437 g/mol. The molecule has 1 N–H and O–H groups in total. The summed E-state index contributed by atoms with van der Waals surface area (Å²) in [5, 5.41) is 4.61. The van der Waals surface area contributed by atoms with Gasteiger partial charge in [-0.1, -0.05) is 29.3 Å². The van der Waals surface area contributed by atoms with Gasteiger partial charge in [0.25, 0.3) is 0 Å². The molecule has 0 bridgehead atoms. The van der Waals surface area contributed by atoms with Crippen LogP contribution in [0.5, 0.6) is 11.5 Å². The molecule has 0 heterocycles. The Kier molecular flexibility index (Phi) is 5.84. The van der Waals surface area contributed by atoms with Crippen molar-refractivity contribution in [2.75, 3.05) is 19.5 Å². The van der Waals surface area contributed by atoms with Crippen LogP contribution in [0.4, 0.5) is 5.69 Å². The summed E-state index contributed by atoms with van der Waals surface area (Å²) in [7, 11) is 3.16. The molecule has 0 aliphatic heterocycles. The average molecular weight is 438 g/mol. The molecule has 0 unspecified atom stereocenters. The third-order valence-corrected chi connectivity index (χ3v) is 4.51. The van der Waals surface area contributed by atoms with Gasteiger partial charge in [-0.2, -0.15) is 0 Å². The second-order valence-electron chi connectivity index (χ2n) is 4.25. The van der Waals surface area contributed by atoms with Gasteiger partial charge in [-0.05, 0) is 52.4 Å². The molecule has 21 heavy (non-hydrogen) atoms. The summed E-state index contributed by atoms with van der Waals surface area (Å²) in [5.41, 5.74) is 1.94. The van der Waals surface area contributed by atoms with E-state index >= 15 is 0 Å². The smallest absolute Gasteiger partial charge is 0.179 e. The van der Waals surface area contributed by atoms with Crippen LogP contribution in [0.25, 0.3) is 0 Å². The maximum Gasteiger partial charge on any atom is 0.179 e. The number of methoxy groups -OCH3 is 2. The first-order chi connectivity index (χ1) is 10.1. The van der Waals surface area contributed by atoms with Gasteiger partial charge in [0, 0.05) is 20.8 Å². The summed E-state index contributed by atoms with van der Waals surface area (Å²) < 4.78 is 11.6. The fourth-order valence-corrected chi connectivity index (χ4v) is 3.25. The number of hydrogen-bond donors (Lipinski definition) is 1. The molecule has 3 nitrogen and oxygen atoms in total. The molecule has 0 aromatic heterocycles. The minimum absolute atomic E-state index is 0.546. The highest BCUT2D eigenvalue weighted by atomic mass is 127. The second kappa shape index (κ2) is 7.42. The highest BCUT2D eigenvalue weighted by Gasteiger charge is 2.13. The minimum Gasteiger partial charge on any atom is -0.493 e. The lowest BCUT2D eigenvalue weighted by atomic mass is 10.2. The van der Waals surface area contributed by atoms with E-state index in [0.717, 1.165) is 14.8 Å². The van der Waals surface area contributed by atoms with Crippen LogP contribution in [0.15, 0.2) is 30.3 Å². The van der Waals surface area contributed by atoms with Crippen LogP contribution < -0.4 is 14.8 Å². The van der Waals surface area contributed by atoms with Crippen molar-refractivity contribution >= 4 is 51.5 Å². The van der Waals surface area contributed by atoms with Crippen LogP contribution in [0, 0.1) is 3.57 Å². The molecule has 0 aliphatic rings. The van der Waals surface area contributed by atoms with Gasteiger partial charge < -0.3 is 14.8 Å². The largest absolute Gasteiger partial charge is 0.493 e. The maximum absolute atomic E-state index is 6.36. The fourth-order valence-electron chi connectivity index (χ4n) is 1.89. The van der Waals surface area contributed by atoms with Gasteiger partial charge in [-0.15, -0.1) is 0 Å². The topological polar surface area (TPSA) is 30.5 Å². The Morgan fingerprint density at radius 3 is 2.48 bits per heavy atom. The summed E-state index contributed by atoms with van der Waals surface area (Å²) in [5.74, 6) is 1.16. The molecular weight excluding hydrogens is 424 g/mol. The Bertz CT molecular complexity index is 650. The van der Waals surface area contributed by atoms with Crippen molar-refractivity contribution in [1.82, 2.24) is 0 Å². The molecule has 2 aromatic rings. The van der Waals surface area contributed by atoms with Crippen molar-refractivity contribution in [3.8, 4) is 11.5 Å². The predicted octanol–water partition coefficient (Wildman–Crippen LogP) is 5.23. The summed E-state index contributed by atoms with van der Waals surface area (Å²) in [6, 6.07) is 9.45. The van der Waals surface area contributed by atoms with Crippen molar-refractivity contribution in [2.45, 2.75) is 6.54 Å².